The highest BCUT2D eigenvalue weighted by Crippen LogP contribution is 2.31. The molecule has 1 heterocycles. The van der Waals surface area contributed by atoms with E-state index >= 15 is 0 Å². The number of benzene rings is 1. The first-order chi connectivity index (χ1) is 20.4. The van der Waals surface area contributed by atoms with E-state index in [2.05, 4.69) is 0 Å². The Kier molecular flexibility index (Phi) is 15.1. The van der Waals surface area contributed by atoms with Crippen molar-refractivity contribution in [1.29, 1.82) is 0 Å². The number of aliphatic hydroxyl groups excluding tert-OH is 1. The lowest BCUT2D eigenvalue weighted by Crippen LogP contribution is -2.19. The van der Waals surface area contributed by atoms with E-state index in [1.165, 1.54) is 0 Å². The van der Waals surface area contributed by atoms with Gasteiger partial charge in [0.15, 0.2) is 15.9 Å². The normalized spacial score (nSPS) is 19.5. The van der Waals surface area contributed by atoms with E-state index in [0.717, 1.165) is 16.7 Å². The summed E-state index contributed by atoms with van der Waals surface area (Å²) < 4.78 is 42.6. The van der Waals surface area contributed by atoms with Crippen LogP contribution in [0.1, 0.15) is 80.1 Å². The van der Waals surface area contributed by atoms with Crippen molar-refractivity contribution in [2.45, 2.75) is 109 Å². The first kappa shape index (κ1) is 36.2. The van der Waals surface area contributed by atoms with Crippen molar-refractivity contribution in [3.8, 4) is 0 Å². The highest BCUT2D eigenvalue weighted by Gasteiger charge is 2.47. The van der Waals surface area contributed by atoms with Crippen LogP contribution < -0.4 is 0 Å². The topological polar surface area (TPSA) is 120 Å². The average molecular weight is 617 g/mol. The smallest absolute Gasteiger partial charge is 0.338 e. The van der Waals surface area contributed by atoms with Crippen molar-refractivity contribution in [3.63, 3.8) is 0 Å². The highest BCUT2D eigenvalue weighted by atomic mass is 32.2. The molecule has 1 fully saturated rings. The zero-order chi connectivity index (χ0) is 32.0. The van der Waals surface area contributed by atoms with Crippen LogP contribution in [0.15, 0.2) is 81.8 Å². The average Bonchev–Trinajstić information content (AvgIpc) is 3.77. The predicted octanol–water partition coefficient (Wildman–Crippen LogP) is 6.21. The molecule has 1 aromatic carbocycles. The van der Waals surface area contributed by atoms with Crippen LogP contribution in [0.4, 0.5) is 0 Å². The van der Waals surface area contributed by atoms with Gasteiger partial charge in [-0.1, -0.05) is 53.6 Å². The van der Waals surface area contributed by atoms with Crippen molar-refractivity contribution in [2.75, 3.05) is 13.2 Å². The van der Waals surface area contributed by atoms with Gasteiger partial charge in [0.05, 0.1) is 35.9 Å². The Labute approximate surface area is 257 Å². The third-order valence-electron chi connectivity index (χ3n) is 7.30. The maximum absolute atomic E-state index is 13.6. The fraction of sp³-hybridized carbons (Fsp3) is 0.529. The Hall–Kier alpha value is -3.01. The molecule has 0 aromatic heterocycles. The Balaban J connectivity index is 2.06. The Bertz CT molecular complexity index is 1290. The number of rotatable bonds is 18. The summed E-state index contributed by atoms with van der Waals surface area (Å²) >= 11 is 0. The van der Waals surface area contributed by atoms with Crippen molar-refractivity contribution < 1.29 is 37.3 Å². The molecule has 4 unspecified atom stereocenters. The quantitative estimate of drug-likeness (QED) is 0.117. The second-order valence-electron chi connectivity index (χ2n) is 10.9. The minimum Gasteiger partial charge on any atom is -0.466 e. The fourth-order valence-corrected chi connectivity index (χ4v) is 6.24. The van der Waals surface area contributed by atoms with Crippen LogP contribution in [0.3, 0.4) is 0 Å². The van der Waals surface area contributed by atoms with Crippen molar-refractivity contribution in [2.24, 2.45) is 0 Å². The molecule has 0 bridgehead atoms. The number of epoxide rings is 1. The van der Waals surface area contributed by atoms with E-state index < -0.39 is 33.3 Å². The first-order valence-electron chi connectivity index (χ1n) is 15.0. The number of esters is 2. The molecular weight excluding hydrogens is 568 g/mol. The molecule has 0 radical (unpaired) electrons. The summed E-state index contributed by atoms with van der Waals surface area (Å²) in [6, 6.07) is 8.49. The molecule has 1 saturated heterocycles. The van der Waals surface area contributed by atoms with E-state index in [-0.39, 0.29) is 30.0 Å². The van der Waals surface area contributed by atoms with Crippen molar-refractivity contribution in [3.05, 3.63) is 76.9 Å². The number of hydrogen-bond acceptors (Lipinski definition) is 8. The Morgan fingerprint density at radius 3 is 2.19 bits per heavy atom. The van der Waals surface area contributed by atoms with Gasteiger partial charge in [-0.3, -0.25) is 4.79 Å². The van der Waals surface area contributed by atoms with Crippen LogP contribution in [-0.4, -0.2) is 62.2 Å². The third-order valence-corrected chi connectivity index (χ3v) is 9.35. The molecule has 0 aliphatic carbocycles. The first-order valence-corrected chi connectivity index (χ1v) is 16.6. The second kappa shape index (κ2) is 18.0. The van der Waals surface area contributed by atoms with Gasteiger partial charge in [-0.05, 0) is 96.9 Å². The van der Waals surface area contributed by atoms with Crippen LogP contribution in [0, 0.1) is 0 Å². The largest absolute Gasteiger partial charge is 0.466 e. The third kappa shape index (κ3) is 12.3. The van der Waals surface area contributed by atoms with Crippen LogP contribution in [-0.2, 0) is 33.6 Å². The monoisotopic (exact) mass is 616 g/mol. The molecule has 43 heavy (non-hydrogen) atoms. The van der Waals surface area contributed by atoms with Crippen LogP contribution in [0.5, 0.6) is 0 Å². The summed E-state index contributed by atoms with van der Waals surface area (Å²) in [6.07, 6.45) is 9.08. The number of sulfone groups is 1. The number of aliphatic hydroxyl groups is 1. The summed E-state index contributed by atoms with van der Waals surface area (Å²) in [7, 11) is -3.62. The molecule has 1 aliphatic heterocycles. The zero-order valence-corrected chi connectivity index (χ0v) is 27.2. The summed E-state index contributed by atoms with van der Waals surface area (Å²) in [5.74, 6) is -0.773. The molecular formula is C34H48O8S. The minimum absolute atomic E-state index is 0.0759. The second-order valence-corrected chi connectivity index (χ2v) is 13.1. The molecule has 0 saturated carbocycles. The number of carbonyl (C=O) groups excluding carboxylic acids is 2. The van der Waals surface area contributed by atoms with Gasteiger partial charge in [-0.15, -0.1) is 0 Å². The van der Waals surface area contributed by atoms with Crippen molar-refractivity contribution >= 4 is 21.8 Å². The number of carbonyl (C=O) groups is 2. The van der Waals surface area contributed by atoms with Gasteiger partial charge >= 0.3 is 11.9 Å². The van der Waals surface area contributed by atoms with Gasteiger partial charge in [0.2, 0.25) is 0 Å². The molecule has 1 aliphatic rings. The van der Waals surface area contributed by atoms with Crippen LogP contribution in [0.2, 0.25) is 0 Å². The number of allylic oxidation sites excluding steroid dienone is 5. The van der Waals surface area contributed by atoms with Gasteiger partial charge in [-0.2, -0.15) is 0 Å². The fourth-order valence-electron chi connectivity index (χ4n) is 4.60. The predicted molar refractivity (Wildman–Crippen MR) is 168 cm³/mol. The standard InChI is InChI=1S/C34H48O8S/c1-7-40-31(36)23-30(35)26(5)16-12-14-24(3)20-21-29(43(38,39)28-18-10-9-11-19-28)22-25(4)15-13-17-27(6)32-33(42-32)34(37)41-8-2/h9-11,16-20,22,29-30,32-33,35H,7-8,12-15,21,23H2,1-6H3/b24-20+,25-22+,26-16+,27-17+. The van der Waals surface area contributed by atoms with Crippen LogP contribution in [0.25, 0.3) is 0 Å². The molecule has 238 valence electrons. The Morgan fingerprint density at radius 1 is 0.907 bits per heavy atom. The lowest BCUT2D eigenvalue weighted by molar-refractivity contribution is -0.145. The summed E-state index contributed by atoms with van der Waals surface area (Å²) in [5, 5.41) is 9.50. The molecule has 2 rings (SSSR count). The van der Waals surface area contributed by atoms with Gasteiger partial charge in [0.1, 0.15) is 6.10 Å². The molecule has 8 nitrogen and oxygen atoms in total. The molecule has 0 spiro atoms. The van der Waals surface area contributed by atoms with E-state index in [0.29, 0.717) is 44.3 Å². The van der Waals surface area contributed by atoms with E-state index in [4.69, 9.17) is 14.2 Å². The van der Waals surface area contributed by atoms with Crippen LogP contribution >= 0.6 is 0 Å². The lowest BCUT2D eigenvalue weighted by atomic mass is 10.0. The van der Waals surface area contributed by atoms with Gasteiger partial charge in [0.25, 0.3) is 0 Å². The molecule has 0 amide bonds. The molecule has 4 atom stereocenters. The summed E-state index contributed by atoms with van der Waals surface area (Å²) in [6.45, 7) is 11.7. The summed E-state index contributed by atoms with van der Waals surface area (Å²) in [5.41, 5.74) is 3.68. The van der Waals surface area contributed by atoms with Gasteiger partial charge in [-0.25, -0.2) is 13.2 Å². The molecule has 1 aromatic rings. The zero-order valence-electron chi connectivity index (χ0n) is 26.4. The van der Waals surface area contributed by atoms with Gasteiger partial charge in [0, 0.05) is 0 Å². The number of hydrogen-bond donors (Lipinski definition) is 1. The van der Waals surface area contributed by atoms with Gasteiger partial charge < -0.3 is 19.3 Å². The maximum atomic E-state index is 13.6. The molecule has 9 heteroatoms. The summed E-state index contributed by atoms with van der Waals surface area (Å²) in [4.78, 5) is 23.8. The van der Waals surface area contributed by atoms with E-state index in [9.17, 15) is 23.1 Å². The molecule has 1 N–H and O–H groups in total. The highest BCUT2D eigenvalue weighted by molar-refractivity contribution is 7.92. The van der Waals surface area contributed by atoms with E-state index in [1.54, 1.807) is 51.1 Å². The lowest BCUT2D eigenvalue weighted by Gasteiger charge is -2.15. The Morgan fingerprint density at radius 2 is 1.53 bits per heavy atom. The SMILES string of the molecule is CCOC(=O)CC(O)/C(C)=C/CC/C(C)=C/CC(/C=C(\C)CC/C=C(\C)C1OC1C(=O)OCC)S(=O)(=O)c1ccccc1. The minimum atomic E-state index is -3.62. The maximum Gasteiger partial charge on any atom is 0.338 e. The van der Waals surface area contributed by atoms with Crippen molar-refractivity contribution in [1.82, 2.24) is 0 Å². The van der Waals surface area contributed by atoms with E-state index in [1.807, 2.05) is 45.1 Å². The number of ether oxygens (including phenoxy) is 3.